The first-order chi connectivity index (χ1) is 13.5. The molecule has 0 amide bonds. The lowest BCUT2D eigenvalue weighted by atomic mass is 10.2. The zero-order valence-electron chi connectivity index (χ0n) is 15.3. The van der Waals surface area contributed by atoms with Gasteiger partial charge in [0.15, 0.2) is 11.2 Å². The van der Waals surface area contributed by atoms with Gasteiger partial charge in [-0.3, -0.25) is 13.9 Å². The number of aryl methyl sites for hydroxylation is 2. The van der Waals surface area contributed by atoms with Crippen LogP contribution in [0, 0.1) is 0 Å². The maximum atomic E-state index is 13.1. The third kappa shape index (κ3) is 3.11. The number of imidazole rings is 1. The summed E-state index contributed by atoms with van der Waals surface area (Å²) in [5.74, 6) is 1.21. The van der Waals surface area contributed by atoms with Crippen LogP contribution in [0.4, 0.5) is 5.95 Å². The maximum Gasteiger partial charge on any atom is 0.332 e. The van der Waals surface area contributed by atoms with Gasteiger partial charge in [-0.1, -0.05) is 23.7 Å². The van der Waals surface area contributed by atoms with E-state index in [4.69, 9.17) is 16.0 Å². The van der Waals surface area contributed by atoms with E-state index in [1.54, 1.807) is 55.3 Å². The Kier molecular flexibility index (Phi) is 4.56. The summed E-state index contributed by atoms with van der Waals surface area (Å²) < 4.78 is 9.53. The molecule has 0 bridgehead atoms. The predicted molar refractivity (Wildman–Crippen MR) is 107 cm³/mol. The van der Waals surface area contributed by atoms with Gasteiger partial charge in [-0.25, -0.2) is 4.79 Å². The molecule has 0 fully saturated rings. The highest BCUT2D eigenvalue weighted by Crippen LogP contribution is 2.15. The normalized spacial score (nSPS) is 11.2. The van der Waals surface area contributed by atoms with Crippen molar-refractivity contribution in [2.24, 2.45) is 14.1 Å². The summed E-state index contributed by atoms with van der Waals surface area (Å²) in [5.41, 5.74) is 0.656. The Morgan fingerprint density at radius 3 is 2.54 bits per heavy atom. The maximum absolute atomic E-state index is 13.1. The lowest BCUT2D eigenvalue weighted by Crippen LogP contribution is -2.39. The monoisotopic (exact) mass is 399 g/mol. The molecule has 0 atom stereocenters. The van der Waals surface area contributed by atoms with Crippen molar-refractivity contribution in [3.8, 4) is 0 Å². The Labute approximate surface area is 164 Å². The van der Waals surface area contributed by atoms with Crippen LogP contribution in [0.5, 0.6) is 0 Å². The second-order valence-electron chi connectivity index (χ2n) is 6.46. The van der Waals surface area contributed by atoms with Crippen LogP contribution < -0.4 is 16.6 Å². The summed E-state index contributed by atoms with van der Waals surface area (Å²) in [6.07, 6.45) is 1.59. The first kappa shape index (κ1) is 18.1. The SMILES string of the molecule is Cn1c(NCc2ccco2)nc2c1c(=O)n(Cc1ccc(Cl)cc1)c(=O)n2C. The van der Waals surface area contributed by atoms with Gasteiger partial charge in [0.05, 0.1) is 19.4 Å². The molecule has 1 aromatic carbocycles. The van der Waals surface area contributed by atoms with Crippen LogP contribution in [-0.4, -0.2) is 18.7 Å². The Balaban J connectivity index is 1.77. The number of benzene rings is 1. The smallest absolute Gasteiger partial charge is 0.332 e. The van der Waals surface area contributed by atoms with Crippen LogP contribution in [0.1, 0.15) is 11.3 Å². The average Bonchev–Trinajstić information content (AvgIpc) is 3.31. The van der Waals surface area contributed by atoms with Gasteiger partial charge < -0.3 is 14.3 Å². The Hall–Kier alpha value is -3.26. The second kappa shape index (κ2) is 7.05. The van der Waals surface area contributed by atoms with E-state index in [1.807, 2.05) is 6.07 Å². The molecule has 0 aliphatic carbocycles. The first-order valence-corrected chi connectivity index (χ1v) is 9.00. The fraction of sp³-hybridized carbons (Fsp3) is 0.211. The molecule has 3 aromatic heterocycles. The summed E-state index contributed by atoms with van der Waals surface area (Å²) in [7, 11) is 3.34. The van der Waals surface area contributed by atoms with Crippen molar-refractivity contribution in [2.75, 3.05) is 5.32 Å². The lowest BCUT2D eigenvalue weighted by Gasteiger charge is -2.09. The van der Waals surface area contributed by atoms with Gasteiger partial charge in [-0.05, 0) is 29.8 Å². The molecule has 0 radical (unpaired) electrons. The van der Waals surface area contributed by atoms with E-state index in [9.17, 15) is 9.59 Å². The van der Waals surface area contributed by atoms with Crippen molar-refractivity contribution in [2.45, 2.75) is 13.1 Å². The van der Waals surface area contributed by atoms with Crippen molar-refractivity contribution in [3.05, 3.63) is 79.8 Å². The molecule has 0 aliphatic heterocycles. The van der Waals surface area contributed by atoms with Gasteiger partial charge in [-0.15, -0.1) is 0 Å². The second-order valence-corrected chi connectivity index (χ2v) is 6.90. The molecule has 28 heavy (non-hydrogen) atoms. The van der Waals surface area contributed by atoms with Crippen LogP contribution in [0.25, 0.3) is 11.2 Å². The van der Waals surface area contributed by atoms with Crippen LogP contribution >= 0.6 is 11.6 Å². The highest BCUT2D eigenvalue weighted by molar-refractivity contribution is 6.30. The highest BCUT2D eigenvalue weighted by atomic mass is 35.5. The number of furan rings is 1. The molecule has 3 heterocycles. The number of rotatable bonds is 5. The van der Waals surface area contributed by atoms with Crippen molar-refractivity contribution in [1.82, 2.24) is 18.7 Å². The van der Waals surface area contributed by atoms with E-state index in [1.165, 1.54) is 9.13 Å². The van der Waals surface area contributed by atoms with E-state index in [0.29, 0.717) is 28.7 Å². The van der Waals surface area contributed by atoms with E-state index in [-0.39, 0.29) is 6.54 Å². The number of halogens is 1. The number of nitrogens with one attached hydrogen (secondary N) is 1. The van der Waals surface area contributed by atoms with E-state index < -0.39 is 11.2 Å². The Morgan fingerprint density at radius 2 is 1.86 bits per heavy atom. The quantitative estimate of drug-likeness (QED) is 0.556. The van der Waals surface area contributed by atoms with Crippen molar-refractivity contribution in [1.29, 1.82) is 0 Å². The molecular weight excluding hydrogens is 382 g/mol. The van der Waals surface area contributed by atoms with Crippen molar-refractivity contribution in [3.63, 3.8) is 0 Å². The van der Waals surface area contributed by atoms with Gasteiger partial charge >= 0.3 is 5.69 Å². The zero-order valence-corrected chi connectivity index (χ0v) is 16.1. The van der Waals surface area contributed by atoms with Gasteiger partial charge in [-0.2, -0.15) is 4.98 Å². The van der Waals surface area contributed by atoms with Crippen molar-refractivity contribution < 1.29 is 4.42 Å². The number of aromatic nitrogens is 4. The van der Waals surface area contributed by atoms with Gasteiger partial charge in [0.1, 0.15) is 5.76 Å². The molecule has 0 saturated carbocycles. The minimum Gasteiger partial charge on any atom is -0.467 e. The summed E-state index contributed by atoms with van der Waals surface area (Å²) in [4.78, 5) is 30.2. The highest BCUT2D eigenvalue weighted by Gasteiger charge is 2.18. The largest absolute Gasteiger partial charge is 0.467 e. The number of anilines is 1. The molecule has 0 aliphatic rings. The van der Waals surface area contributed by atoms with Crippen LogP contribution in [0.2, 0.25) is 5.02 Å². The third-order valence-electron chi connectivity index (χ3n) is 4.61. The Bertz CT molecular complexity index is 1250. The van der Waals surface area contributed by atoms with Gasteiger partial charge in [0.2, 0.25) is 5.95 Å². The molecule has 0 spiro atoms. The first-order valence-electron chi connectivity index (χ1n) is 8.62. The lowest BCUT2D eigenvalue weighted by molar-refractivity contribution is 0.517. The molecular formula is C19H18ClN5O3. The van der Waals surface area contributed by atoms with E-state index in [0.717, 1.165) is 11.3 Å². The molecule has 1 N–H and O–H groups in total. The van der Waals surface area contributed by atoms with Crippen LogP contribution in [0.3, 0.4) is 0 Å². The van der Waals surface area contributed by atoms with Gasteiger partial charge in [0, 0.05) is 19.1 Å². The standard InChI is InChI=1S/C19H18ClN5O3/c1-23-15-16(22-18(23)21-10-14-4-3-9-28-14)24(2)19(27)25(17(15)26)11-12-5-7-13(20)8-6-12/h3-9H,10-11H2,1-2H3,(H,21,22). The van der Waals surface area contributed by atoms with Crippen LogP contribution in [0.15, 0.2) is 56.7 Å². The predicted octanol–water partition coefficient (Wildman–Crippen LogP) is 2.34. The zero-order chi connectivity index (χ0) is 19.8. The number of hydrogen-bond donors (Lipinski definition) is 1. The van der Waals surface area contributed by atoms with Gasteiger partial charge in [0.25, 0.3) is 5.56 Å². The molecule has 0 saturated heterocycles. The molecule has 144 valence electrons. The summed E-state index contributed by atoms with van der Waals surface area (Å²) in [5, 5.41) is 3.73. The summed E-state index contributed by atoms with van der Waals surface area (Å²) in [6.45, 7) is 0.566. The minimum atomic E-state index is -0.428. The topological polar surface area (TPSA) is 87.0 Å². The number of hydrogen-bond acceptors (Lipinski definition) is 5. The number of fused-ring (bicyclic) bond motifs is 1. The Morgan fingerprint density at radius 1 is 1.11 bits per heavy atom. The van der Waals surface area contributed by atoms with Crippen molar-refractivity contribution >= 4 is 28.7 Å². The molecule has 9 heteroatoms. The van der Waals surface area contributed by atoms with Crippen LogP contribution in [-0.2, 0) is 27.2 Å². The molecule has 4 aromatic rings. The molecule has 4 rings (SSSR count). The fourth-order valence-electron chi connectivity index (χ4n) is 3.09. The number of nitrogens with zero attached hydrogens (tertiary/aromatic N) is 4. The third-order valence-corrected chi connectivity index (χ3v) is 4.87. The molecule has 8 nitrogen and oxygen atoms in total. The minimum absolute atomic E-state index is 0.152. The summed E-state index contributed by atoms with van der Waals surface area (Å²) >= 11 is 5.91. The fourth-order valence-corrected chi connectivity index (χ4v) is 3.22. The summed E-state index contributed by atoms with van der Waals surface area (Å²) in [6, 6.07) is 10.7. The molecule has 0 unspecified atom stereocenters. The van der Waals surface area contributed by atoms with E-state index >= 15 is 0 Å². The van der Waals surface area contributed by atoms with E-state index in [2.05, 4.69) is 10.3 Å². The average molecular weight is 400 g/mol.